The van der Waals surface area contributed by atoms with E-state index >= 15 is 0 Å². The maximum Gasteiger partial charge on any atom is 0.254 e. The lowest BCUT2D eigenvalue weighted by molar-refractivity contribution is -0.121. The van der Waals surface area contributed by atoms with Crippen LogP contribution >= 0.6 is 0 Å². The number of nitrogens with zero attached hydrogens (tertiary/aromatic N) is 2. The first-order valence-electron chi connectivity index (χ1n) is 5.23. The van der Waals surface area contributed by atoms with E-state index in [9.17, 15) is 9.59 Å². The minimum Gasteiger partial charge on any atom is -0.354 e. The number of hydrogen-bond donors (Lipinski definition) is 1. The summed E-state index contributed by atoms with van der Waals surface area (Å²) in [5, 5.41) is 2.74. The molecule has 5 nitrogen and oxygen atoms in total. The van der Waals surface area contributed by atoms with Crippen molar-refractivity contribution in [1.29, 1.82) is 0 Å². The average Bonchev–Trinajstić information content (AvgIpc) is 2.54. The standard InChI is InChI=1S/C11H13N3O2/c15-10-8-14(7-1-4-13-10)11(16)9-2-5-12-6-3-9/h2-3,5-6H,1,4,7-8H2,(H,13,15). The SMILES string of the molecule is O=C1CN(C(=O)c2ccncc2)CCCN1. The fourth-order valence-corrected chi connectivity index (χ4v) is 1.66. The summed E-state index contributed by atoms with van der Waals surface area (Å²) in [6.45, 7) is 1.39. The zero-order chi connectivity index (χ0) is 11.4. The van der Waals surface area contributed by atoms with Crippen LogP contribution in [0.4, 0.5) is 0 Å². The number of pyridine rings is 1. The summed E-state index contributed by atoms with van der Waals surface area (Å²) < 4.78 is 0. The molecule has 0 aromatic carbocycles. The van der Waals surface area contributed by atoms with Crippen LogP contribution in [0.15, 0.2) is 24.5 Å². The molecule has 0 radical (unpaired) electrons. The predicted octanol–water partition coefficient (Wildman–Crippen LogP) is 0.0437. The molecule has 2 heterocycles. The largest absolute Gasteiger partial charge is 0.354 e. The fourth-order valence-electron chi connectivity index (χ4n) is 1.66. The summed E-state index contributed by atoms with van der Waals surface area (Å²) in [6.07, 6.45) is 3.94. The Labute approximate surface area is 93.5 Å². The molecule has 0 saturated carbocycles. The Hall–Kier alpha value is -1.91. The van der Waals surface area contributed by atoms with Crippen LogP contribution in [-0.2, 0) is 4.79 Å². The highest BCUT2D eigenvalue weighted by Gasteiger charge is 2.20. The van der Waals surface area contributed by atoms with Gasteiger partial charge in [0.15, 0.2) is 0 Å². The van der Waals surface area contributed by atoms with Crippen molar-refractivity contribution in [1.82, 2.24) is 15.2 Å². The van der Waals surface area contributed by atoms with Crippen LogP contribution < -0.4 is 5.32 Å². The van der Waals surface area contributed by atoms with Crippen molar-refractivity contribution in [2.45, 2.75) is 6.42 Å². The highest BCUT2D eigenvalue weighted by molar-refractivity contribution is 5.96. The summed E-state index contributed by atoms with van der Waals surface area (Å²) >= 11 is 0. The third kappa shape index (κ3) is 2.36. The van der Waals surface area contributed by atoms with E-state index in [-0.39, 0.29) is 18.4 Å². The summed E-state index contributed by atoms with van der Waals surface area (Å²) in [7, 11) is 0. The molecule has 0 atom stereocenters. The quantitative estimate of drug-likeness (QED) is 0.725. The molecule has 2 rings (SSSR count). The number of carbonyl (C=O) groups is 2. The van der Waals surface area contributed by atoms with Crippen molar-refractivity contribution in [3.05, 3.63) is 30.1 Å². The van der Waals surface area contributed by atoms with Gasteiger partial charge in [0, 0.05) is 31.0 Å². The smallest absolute Gasteiger partial charge is 0.254 e. The van der Waals surface area contributed by atoms with E-state index in [1.165, 1.54) is 0 Å². The number of carbonyl (C=O) groups excluding carboxylic acids is 2. The van der Waals surface area contributed by atoms with Gasteiger partial charge in [-0.2, -0.15) is 0 Å². The fraction of sp³-hybridized carbons (Fsp3) is 0.364. The number of rotatable bonds is 1. The van der Waals surface area contributed by atoms with Crippen LogP contribution in [0.3, 0.4) is 0 Å². The van der Waals surface area contributed by atoms with Crippen LogP contribution in [0.1, 0.15) is 16.8 Å². The third-order valence-electron chi connectivity index (χ3n) is 2.48. The van der Waals surface area contributed by atoms with Crippen LogP contribution in [0, 0.1) is 0 Å². The minimum atomic E-state index is -0.112. The maximum absolute atomic E-state index is 12.0. The Bertz CT molecular complexity index is 391. The first-order chi connectivity index (χ1) is 7.77. The predicted molar refractivity (Wildman–Crippen MR) is 57.8 cm³/mol. The molecule has 0 spiro atoms. The number of aromatic nitrogens is 1. The van der Waals surface area contributed by atoms with Crippen LogP contribution in [0.25, 0.3) is 0 Å². The first-order valence-corrected chi connectivity index (χ1v) is 5.23. The normalized spacial score (nSPS) is 16.5. The molecule has 84 valence electrons. The van der Waals surface area contributed by atoms with Crippen molar-refractivity contribution in [2.75, 3.05) is 19.6 Å². The Morgan fingerprint density at radius 2 is 2.12 bits per heavy atom. The molecule has 1 aliphatic heterocycles. The Kier molecular flexibility index (Phi) is 3.14. The lowest BCUT2D eigenvalue weighted by atomic mass is 10.2. The topological polar surface area (TPSA) is 62.3 Å². The summed E-state index contributed by atoms with van der Waals surface area (Å²) in [4.78, 5) is 28.8. The highest BCUT2D eigenvalue weighted by atomic mass is 16.2. The van der Waals surface area contributed by atoms with E-state index in [0.717, 1.165) is 6.42 Å². The van der Waals surface area contributed by atoms with Crippen molar-refractivity contribution in [2.24, 2.45) is 0 Å². The molecule has 2 amide bonds. The second kappa shape index (κ2) is 4.74. The Morgan fingerprint density at radius 3 is 2.88 bits per heavy atom. The lowest BCUT2D eigenvalue weighted by Crippen LogP contribution is -2.37. The number of nitrogens with one attached hydrogen (secondary N) is 1. The van der Waals surface area contributed by atoms with Gasteiger partial charge >= 0.3 is 0 Å². The number of hydrogen-bond acceptors (Lipinski definition) is 3. The van der Waals surface area contributed by atoms with Crippen molar-refractivity contribution >= 4 is 11.8 Å². The van der Waals surface area contributed by atoms with Crippen molar-refractivity contribution < 1.29 is 9.59 Å². The zero-order valence-corrected chi connectivity index (χ0v) is 8.85. The molecule has 16 heavy (non-hydrogen) atoms. The van der Waals surface area contributed by atoms with Gasteiger partial charge in [-0.25, -0.2) is 0 Å². The molecule has 1 saturated heterocycles. The maximum atomic E-state index is 12.0. The molecule has 1 aromatic rings. The lowest BCUT2D eigenvalue weighted by Gasteiger charge is -2.18. The summed E-state index contributed by atoms with van der Waals surface area (Å²) in [6, 6.07) is 3.32. The highest BCUT2D eigenvalue weighted by Crippen LogP contribution is 2.05. The molecule has 0 aliphatic carbocycles. The summed E-state index contributed by atoms with van der Waals surface area (Å²) in [5.74, 6) is -0.209. The average molecular weight is 219 g/mol. The Morgan fingerprint density at radius 1 is 1.38 bits per heavy atom. The van der Waals surface area contributed by atoms with Gasteiger partial charge in [0.2, 0.25) is 5.91 Å². The molecule has 5 heteroatoms. The van der Waals surface area contributed by atoms with Crippen LogP contribution in [0.2, 0.25) is 0 Å². The molecule has 0 bridgehead atoms. The van der Waals surface area contributed by atoms with Gasteiger partial charge in [-0.05, 0) is 18.6 Å². The molecule has 1 aliphatic rings. The first kappa shape index (κ1) is 10.6. The van der Waals surface area contributed by atoms with E-state index in [0.29, 0.717) is 18.7 Å². The molecule has 1 N–H and O–H groups in total. The van der Waals surface area contributed by atoms with Gasteiger partial charge < -0.3 is 10.2 Å². The van der Waals surface area contributed by atoms with E-state index in [4.69, 9.17) is 0 Å². The third-order valence-corrected chi connectivity index (χ3v) is 2.48. The molecule has 1 aromatic heterocycles. The summed E-state index contributed by atoms with van der Waals surface area (Å²) in [5.41, 5.74) is 0.574. The zero-order valence-electron chi connectivity index (χ0n) is 8.85. The van der Waals surface area contributed by atoms with Gasteiger partial charge in [0.25, 0.3) is 5.91 Å². The molecular formula is C11H13N3O2. The second-order valence-electron chi connectivity index (χ2n) is 3.67. The molecule has 1 fully saturated rings. The van der Waals surface area contributed by atoms with E-state index < -0.39 is 0 Å². The Balaban J connectivity index is 2.12. The van der Waals surface area contributed by atoms with Gasteiger partial charge in [0.1, 0.15) is 0 Å². The number of amides is 2. The molecular weight excluding hydrogens is 206 g/mol. The van der Waals surface area contributed by atoms with Crippen molar-refractivity contribution in [3.8, 4) is 0 Å². The molecule has 0 unspecified atom stereocenters. The minimum absolute atomic E-state index is 0.0973. The van der Waals surface area contributed by atoms with Gasteiger partial charge in [-0.15, -0.1) is 0 Å². The van der Waals surface area contributed by atoms with E-state index in [2.05, 4.69) is 10.3 Å². The van der Waals surface area contributed by atoms with Gasteiger partial charge in [-0.1, -0.05) is 0 Å². The monoisotopic (exact) mass is 219 g/mol. The van der Waals surface area contributed by atoms with Crippen molar-refractivity contribution in [3.63, 3.8) is 0 Å². The van der Waals surface area contributed by atoms with E-state index in [1.54, 1.807) is 29.4 Å². The van der Waals surface area contributed by atoms with Gasteiger partial charge in [-0.3, -0.25) is 14.6 Å². The van der Waals surface area contributed by atoms with Crippen LogP contribution in [0.5, 0.6) is 0 Å². The van der Waals surface area contributed by atoms with E-state index in [1.807, 2.05) is 0 Å². The van der Waals surface area contributed by atoms with Crippen LogP contribution in [-0.4, -0.2) is 41.3 Å². The van der Waals surface area contributed by atoms with Gasteiger partial charge in [0.05, 0.1) is 6.54 Å². The second-order valence-corrected chi connectivity index (χ2v) is 3.67.